The number of unbranched alkanes of at least 4 members (excludes halogenated alkanes) is 38. The zero-order valence-electron chi connectivity index (χ0n) is 59.1. The van der Waals surface area contributed by atoms with Crippen LogP contribution in [0.1, 0.15) is 348 Å². The van der Waals surface area contributed by atoms with Gasteiger partial charge in [-0.15, -0.1) is 0 Å². The molecule has 0 saturated heterocycles. The topological polar surface area (TPSA) is 134 Å². The Morgan fingerprint density at radius 2 is 0.571 bits per heavy atom. The molecule has 0 aromatic rings. The molecule has 0 bridgehead atoms. The van der Waals surface area contributed by atoms with Gasteiger partial charge in [-0.2, -0.15) is 0 Å². The fraction of sp³-hybridized carbons (Fsp3) is 0.728. The van der Waals surface area contributed by atoms with Gasteiger partial charge in [-0.3, -0.25) is 18.6 Å². The van der Waals surface area contributed by atoms with Crippen LogP contribution in [-0.2, 0) is 32.7 Å². The van der Waals surface area contributed by atoms with Crippen molar-refractivity contribution >= 4 is 19.8 Å². The van der Waals surface area contributed by atoms with Crippen LogP contribution in [0.25, 0.3) is 0 Å². The van der Waals surface area contributed by atoms with Crippen LogP contribution >= 0.6 is 7.82 Å². The van der Waals surface area contributed by atoms with Crippen LogP contribution in [-0.4, -0.2) is 49.3 Å². The van der Waals surface area contributed by atoms with Crippen LogP contribution < -0.4 is 5.73 Å². The molecule has 0 radical (unpaired) electrons. The number of rotatable bonds is 71. The molecule has 3 N–H and O–H groups in total. The Morgan fingerprint density at radius 1 is 0.330 bits per heavy atom. The molecule has 91 heavy (non-hydrogen) atoms. The molecule has 10 heteroatoms. The lowest BCUT2D eigenvalue weighted by atomic mass is 10.0. The maximum absolute atomic E-state index is 12.8. The Hall–Kier alpha value is -3.59. The lowest BCUT2D eigenvalue weighted by Gasteiger charge is -2.19. The number of hydrogen-bond donors (Lipinski definition) is 2. The molecule has 0 aromatic heterocycles. The van der Waals surface area contributed by atoms with Gasteiger partial charge in [0.25, 0.3) is 0 Å². The van der Waals surface area contributed by atoms with Crippen molar-refractivity contribution in [2.45, 2.75) is 354 Å². The van der Waals surface area contributed by atoms with Crippen molar-refractivity contribution in [1.29, 1.82) is 0 Å². The quantitative estimate of drug-likeness (QED) is 0.0264. The number of hydrogen-bond acceptors (Lipinski definition) is 8. The Balaban J connectivity index is 3.80. The summed E-state index contributed by atoms with van der Waals surface area (Å²) >= 11 is 0. The Labute approximate surface area is 561 Å². The summed E-state index contributed by atoms with van der Waals surface area (Å²) in [4.78, 5) is 35.4. The first-order chi connectivity index (χ1) is 44.8. The molecule has 0 aliphatic rings. The van der Waals surface area contributed by atoms with Gasteiger partial charge < -0.3 is 20.1 Å². The molecule has 0 aliphatic heterocycles. The zero-order valence-corrected chi connectivity index (χ0v) is 59.9. The molecule has 2 unspecified atom stereocenters. The third kappa shape index (κ3) is 75.3. The number of nitrogens with two attached hydrogens (primary N) is 1. The molecule has 524 valence electrons. The van der Waals surface area contributed by atoms with E-state index in [4.69, 9.17) is 24.3 Å². The molecule has 0 rings (SSSR count). The van der Waals surface area contributed by atoms with E-state index >= 15 is 0 Å². The molecule has 0 aliphatic carbocycles. The van der Waals surface area contributed by atoms with Gasteiger partial charge in [0, 0.05) is 19.4 Å². The van der Waals surface area contributed by atoms with Crippen LogP contribution in [0.5, 0.6) is 0 Å². The Bertz CT molecular complexity index is 1910. The number of carbonyl (C=O) groups excluding carboxylic acids is 2. The highest BCUT2D eigenvalue weighted by molar-refractivity contribution is 7.47. The predicted octanol–water partition coefficient (Wildman–Crippen LogP) is 25.4. The smallest absolute Gasteiger partial charge is 0.462 e. The SMILES string of the molecule is CC/C=C\C/C=C\C/C=C\C/C=C\C/C=C\CCCCCCCCCCCCCCCCCCCCCCCCCCCC(=O)OC(COC(=O)CCCCCCCCCCCCCCC/C=C\C/C=C\C/C=C\C/C=C\C/C=C\CC)COP(=O)(O)OCCN. The van der Waals surface area contributed by atoms with E-state index in [-0.39, 0.29) is 38.6 Å². The lowest BCUT2D eigenvalue weighted by molar-refractivity contribution is -0.161. The normalized spacial score (nSPS) is 13.6. The molecule has 0 aromatic carbocycles. The summed E-state index contributed by atoms with van der Waals surface area (Å²) in [6.45, 7) is 3.55. The van der Waals surface area contributed by atoms with E-state index in [1.54, 1.807) is 0 Å². The van der Waals surface area contributed by atoms with Crippen molar-refractivity contribution in [3.63, 3.8) is 0 Å². The van der Waals surface area contributed by atoms with Gasteiger partial charge in [0.2, 0.25) is 0 Å². The van der Waals surface area contributed by atoms with Crippen LogP contribution in [0.15, 0.2) is 122 Å². The summed E-state index contributed by atoms with van der Waals surface area (Å²) < 4.78 is 33.2. The van der Waals surface area contributed by atoms with Gasteiger partial charge in [0.15, 0.2) is 6.10 Å². The van der Waals surface area contributed by atoms with Gasteiger partial charge in [-0.25, -0.2) is 4.57 Å². The summed E-state index contributed by atoms with van der Waals surface area (Å²) in [5, 5.41) is 0. The molecule has 2 atom stereocenters. The van der Waals surface area contributed by atoms with E-state index in [0.29, 0.717) is 6.42 Å². The van der Waals surface area contributed by atoms with Gasteiger partial charge in [0.1, 0.15) is 6.61 Å². The van der Waals surface area contributed by atoms with Crippen molar-refractivity contribution in [2.75, 3.05) is 26.4 Å². The van der Waals surface area contributed by atoms with E-state index in [0.717, 1.165) is 96.3 Å². The zero-order chi connectivity index (χ0) is 65.8. The summed E-state index contributed by atoms with van der Waals surface area (Å²) in [7, 11) is -4.40. The molecule has 0 amide bonds. The first kappa shape index (κ1) is 87.4. The molecule has 9 nitrogen and oxygen atoms in total. The Kier molecular flexibility index (Phi) is 72.5. The summed E-state index contributed by atoms with van der Waals surface area (Å²) in [5.41, 5.74) is 5.41. The second-order valence-corrected chi connectivity index (χ2v) is 26.6. The van der Waals surface area contributed by atoms with Crippen molar-refractivity contribution in [1.82, 2.24) is 0 Å². The molecular formula is C81H142NO8P. The predicted molar refractivity (Wildman–Crippen MR) is 394 cm³/mol. The van der Waals surface area contributed by atoms with Gasteiger partial charge in [-0.05, 0) is 103 Å². The monoisotopic (exact) mass is 1290 g/mol. The third-order valence-electron chi connectivity index (χ3n) is 16.3. The largest absolute Gasteiger partial charge is 0.472 e. The van der Waals surface area contributed by atoms with E-state index in [2.05, 4.69) is 135 Å². The number of phosphoric ester groups is 1. The third-order valence-corrected chi connectivity index (χ3v) is 17.3. The maximum Gasteiger partial charge on any atom is 0.472 e. The number of allylic oxidation sites excluding steroid dienone is 20. The van der Waals surface area contributed by atoms with Crippen LogP contribution in [0.2, 0.25) is 0 Å². The van der Waals surface area contributed by atoms with Crippen molar-refractivity contribution in [3.05, 3.63) is 122 Å². The maximum atomic E-state index is 12.8. The standard InChI is InChI=1S/C81H142NO8P/c1-3-5-7-9-11-13-15-17-19-21-23-25-27-29-31-33-34-35-36-37-38-39-40-41-42-43-44-46-48-50-52-54-56-58-60-62-64-66-68-70-72-74-81(84)90-79(78-89-91(85,86)88-76-75-82)77-87-80(83)73-71-69-67-65-63-61-59-57-55-53-51-49-47-45-32-30-28-26-24-22-20-18-16-14-12-10-8-6-4-2/h5-8,11-14,17-20,23-26,29-32,79H,3-4,9-10,15-16,21-22,27-28,33-78,82H2,1-2H3,(H,85,86)/b7-5-,8-6-,13-11-,14-12-,19-17-,20-18-,25-23-,26-24-,31-29-,32-30-. The number of esters is 2. The summed E-state index contributed by atoms with van der Waals surface area (Å²) in [6, 6.07) is 0. The van der Waals surface area contributed by atoms with E-state index in [9.17, 15) is 19.0 Å². The summed E-state index contributed by atoms with van der Waals surface area (Å²) in [6.07, 6.45) is 106. The molecule has 0 fully saturated rings. The lowest BCUT2D eigenvalue weighted by Crippen LogP contribution is -2.29. The van der Waals surface area contributed by atoms with Crippen molar-refractivity contribution in [3.8, 4) is 0 Å². The number of ether oxygens (including phenoxy) is 2. The highest BCUT2D eigenvalue weighted by Gasteiger charge is 2.26. The minimum atomic E-state index is -4.40. The average molecular weight is 1290 g/mol. The molecule has 0 heterocycles. The number of carbonyl (C=O) groups is 2. The highest BCUT2D eigenvalue weighted by Crippen LogP contribution is 2.43. The fourth-order valence-corrected chi connectivity index (χ4v) is 11.6. The molecule has 0 saturated carbocycles. The average Bonchev–Trinajstić information content (AvgIpc) is 3.74. The van der Waals surface area contributed by atoms with Crippen LogP contribution in [0.4, 0.5) is 0 Å². The van der Waals surface area contributed by atoms with Gasteiger partial charge >= 0.3 is 19.8 Å². The van der Waals surface area contributed by atoms with Gasteiger partial charge in [0.05, 0.1) is 13.2 Å². The van der Waals surface area contributed by atoms with Crippen LogP contribution in [0, 0.1) is 0 Å². The Morgan fingerprint density at radius 3 is 0.846 bits per heavy atom. The second-order valence-electron chi connectivity index (χ2n) is 25.1. The van der Waals surface area contributed by atoms with Crippen molar-refractivity contribution in [2.24, 2.45) is 5.73 Å². The van der Waals surface area contributed by atoms with E-state index < -0.39 is 26.5 Å². The summed E-state index contributed by atoms with van der Waals surface area (Å²) in [5.74, 6) is -0.818. The van der Waals surface area contributed by atoms with E-state index in [1.165, 1.54) is 218 Å². The van der Waals surface area contributed by atoms with Crippen molar-refractivity contribution < 1.29 is 37.6 Å². The van der Waals surface area contributed by atoms with Gasteiger partial charge in [-0.1, -0.05) is 354 Å². The first-order valence-corrected chi connectivity index (χ1v) is 39.5. The number of phosphoric acid groups is 1. The minimum Gasteiger partial charge on any atom is -0.462 e. The second kappa shape index (κ2) is 75.4. The molecule has 0 spiro atoms. The molecular weight excluding hydrogens is 1150 g/mol. The van der Waals surface area contributed by atoms with E-state index in [1.807, 2.05) is 0 Å². The first-order valence-electron chi connectivity index (χ1n) is 38.0. The highest BCUT2D eigenvalue weighted by atomic mass is 31.2. The van der Waals surface area contributed by atoms with Crippen LogP contribution in [0.3, 0.4) is 0 Å². The fourth-order valence-electron chi connectivity index (χ4n) is 10.8. The minimum absolute atomic E-state index is 0.0513.